The number of H-pyrrole nitrogens is 1. The van der Waals surface area contributed by atoms with Crippen LogP contribution in [0.1, 0.15) is 40.4 Å². The average molecular weight is 616 g/mol. The smallest absolute Gasteiger partial charge is 0.294 e. The van der Waals surface area contributed by atoms with Gasteiger partial charge in [0.15, 0.2) is 0 Å². The number of aromatic nitrogens is 3. The summed E-state index contributed by atoms with van der Waals surface area (Å²) in [4.78, 5) is 53.8. The minimum absolute atomic E-state index is 0.0815. The third-order valence-electron chi connectivity index (χ3n) is 7.15. The van der Waals surface area contributed by atoms with Gasteiger partial charge in [0.25, 0.3) is 17.5 Å². The summed E-state index contributed by atoms with van der Waals surface area (Å²) in [5, 5.41) is 15.3. The number of nitro groups is 1. The fraction of sp³-hybridized carbons (Fsp3) is 0.462. The molecular weight excluding hydrogens is 586 g/mol. The normalized spacial score (nSPS) is 23.0. The lowest BCUT2D eigenvalue weighted by Gasteiger charge is -2.35. The molecule has 0 aliphatic carbocycles. The van der Waals surface area contributed by atoms with Crippen LogP contribution in [0.25, 0.3) is 11.0 Å². The molecule has 0 unspecified atom stereocenters. The number of carbonyl (C=O) groups is 2. The third kappa shape index (κ3) is 5.38. The lowest BCUT2D eigenvalue weighted by atomic mass is 10.1. The molecule has 2 fully saturated rings. The third-order valence-corrected chi connectivity index (χ3v) is 7.60. The van der Waals surface area contributed by atoms with Gasteiger partial charge in [-0.25, -0.2) is 4.98 Å². The molecule has 5 rings (SSSR count). The average Bonchev–Trinajstić information content (AvgIpc) is 3.49. The van der Waals surface area contributed by atoms with Crippen molar-refractivity contribution in [2.45, 2.75) is 45.1 Å². The number of nitrogens with one attached hydrogen (secondary N) is 2. The van der Waals surface area contributed by atoms with E-state index in [1.165, 1.54) is 19.4 Å². The summed E-state index contributed by atoms with van der Waals surface area (Å²) in [6, 6.07) is 2.40. The van der Waals surface area contributed by atoms with E-state index in [-0.39, 0.29) is 54.1 Å². The molecule has 2 saturated heterocycles. The molecule has 4 heterocycles. The number of morpholine rings is 1. The predicted molar refractivity (Wildman–Crippen MR) is 149 cm³/mol. The summed E-state index contributed by atoms with van der Waals surface area (Å²) in [6.45, 7) is 6.71. The Morgan fingerprint density at radius 3 is 2.48 bits per heavy atom. The molecular formula is C26H30BrN7O6. The molecule has 0 saturated carbocycles. The molecule has 1 aromatic carbocycles. The minimum Gasteiger partial charge on any atom is -0.377 e. The van der Waals surface area contributed by atoms with E-state index in [0.29, 0.717) is 40.0 Å². The van der Waals surface area contributed by atoms with Crippen molar-refractivity contribution in [2.24, 2.45) is 0 Å². The van der Waals surface area contributed by atoms with Crippen molar-refractivity contribution in [3.8, 4) is 0 Å². The van der Waals surface area contributed by atoms with Gasteiger partial charge in [-0.15, -0.1) is 0 Å². The number of rotatable bonds is 6. The molecule has 0 bridgehead atoms. The Labute approximate surface area is 238 Å². The summed E-state index contributed by atoms with van der Waals surface area (Å²) < 4.78 is 11.9. The van der Waals surface area contributed by atoms with E-state index < -0.39 is 17.1 Å². The number of anilines is 1. The number of methoxy groups -OCH3 is 1. The first-order valence-corrected chi connectivity index (χ1v) is 13.7. The molecule has 2 aliphatic rings. The summed E-state index contributed by atoms with van der Waals surface area (Å²) in [7, 11) is 1.52. The Hall–Kier alpha value is -3.62. The van der Waals surface area contributed by atoms with Crippen molar-refractivity contribution in [1.29, 1.82) is 0 Å². The summed E-state index contributed by atoms with van der Waals surface area (Å²) in [6.07, 6.45) is 2.26. The number of fused-ring (bicyclic) bond motifs is 1. The topological polar surface area (TPSA) is 156 Å². The number of halogens is 1. The van der Waals surface area contributed by atoms with Crippen LogP contribution in [0.15, 0.2) is 29.0 Å². The van der Waals surface area contributed by atoms with E-state index in [1.54, 1.807) is 29.0 Å². The van der Waals surface area contributed by atoms with Gasteiger partial charge in [0.05, 0.1) is 52.1 Å². The molecule has 0 radical (unpaired) electrons. The lowest BCUT2D eigenvalue weighted by molar-refractivity contribution is -0.384. The Kier molecular flexibility index (Phi) is 7.75. The monoisotopic (exact) mass is 615 g/mol. The van der Waals surface area contributed by atoms with Crippen molar-refractivity contribution in [3.63, 3.8) is 0 Å². The predicted octanol–water partition coefficient (Wildman–Crippen LogP) is 3.14. The number of hydrogen-bond donors (Lipinski definition) is 2. The number of imidazole rings is 1. The summed E-state index contributed by atoms with van der Waals surface area (Å²) >= 11 is 3.33. The molecule has 14 heteroatoms. The van der Waals surface area contributed by atoms with Gasteiger partial charge in [-0.05, 0) is 26.8 Å². The van der Waals surface area contributed by atoms with Crippen molar-refractivity contribution >= 4 is 50.2 Å². The van der Waals surface area contributed by atoms with Gasteiger partial charge in [-0.3, -0.25) is 24.7 Å². The number of aromatic amines is 1. The number of nitrogens with zero attached hydrogens (tertiary/aromatic N) is 5. The fourth-order valence-corrected chi connectivity index (χ4v) is 5.90. The van der Waals surface area contributed by atoms with Gasteiger partial charge < -0.3 is 29.6 Å². The molecule has 40 heavy (non-hydrogen) atoms. The summed E-state index contributed by atoms with van der Waals surface area (Å²) in [5.74, 6) is 0.0332. The van der Waals surface area contributed by atoms with Crippen LogP contribution in [-0.2, 0) is 9.47 Å². The Morgan fingerprint density at radius 1 is 1.12 bits per heavy atom. The number of carbonyl (C=O) groups excluding carboxylic acids is 2. The number of benzene rings is 1. The first kappa shape index (κ1) is 27.9. The van der Waals surface area contributed by atoms with Crippen LogP contribution in [0.3, 0.4) is 0 Å². The van der Waals surface area contributed by atoms with Gasteiger partial charge in [0.1, 0.15) is 17.0 Å². The van der Waals surface area contributed by atoms with E-state index in [0.717, 1.165) is 0 Å². The van der Waals surface area contributed by atoms with Crippen molar-refractivity contribution in [1.82, 2.24) is 24.8 Å². The first-order chi connectivity index (χ1) is 19.0. The maximum absolute atomic E-state index is 13.7. The van der Waals surface area contributed by atoms with Crippen LogP contribution < -0.4 is 5.32 Å². The van der Waals surface area contributed by atoms with Crippen molar-refractivity contribution in [3.05, 3.63) is 56.1 Å². The van der Waals surface area contributed by atoms with Crippen LogP contribution >= 0.6 is 15.9 Å². The maximum atomic E-state index is 13.7. The number of pyridine rings is 1. The quantitative estimate of drug-likeness (QED) is 0.314. The van der Waals surface area contributed by atoms with E-state index in [4.69, 9.17) is 9.47 Å². The van der Waals surface area contributed by atoms with Gasteiger partial charge >= 0.3 is 0 Å². The molecule has 4 atom stereocenters. The number of amides is 2. The number of likely N-dealkylation sites (tertiary alicyclic amines) is 1. The van der Waals surface area contributed by atoms with Gasteiger partial charge in [-0.2, -0.15) is 0 Å². The van der Waals surface area contributed by atoms with Gasteiger partial charge in [-0.1, -0.05) is 15.9 Å². The molecule has 2 aromatic heterocycles. The molecule has 2 amide bonds. The zero-order valence-corrected chi connectivity index (χ0v) is 24.1. The van der Waals surface area contributed by atoms with E-state index in [9.17, 15) is 19.7 Å². The van der Waals surface area contributed by atoms with E-state index >= 15 is 0 Å². The fourth-order valence-electron chi connectivity index (χ4n) is 5.46. The molecule has 0 spiro atoms. The van der Waals surface area contributed by atoms with Crippen LogP contribution in [0.5, 0.6) is 0 Å². The summed E-state index contributed by atoms with van der Waals surface area (Å²) in [5.41, 5.74) is 1.50. The standard InChI is InChI=1S/C26H30BrN7O6/c1-13-9-32(10-14(2)40-13)25(35)17-5-16(27)6-21(34(37)38)24(17)31-20-11-33(12-22(20)39-4)26(36)18-7-28-8-19-23(18)30-15(3)29-19/h5-8,13-14,20,22,31H,9-12H2,1-4H3,(H,29,30)/t13-,14+,20-,22-/m0/s1. The second kappa shape index (κ2) is 11.1. The zero-order valence-electron chi connectivity index (χ0n) is 22.5. The van der Waals surface area contributed by atoms with Gasteiger partial charge in [0.2, 0.25) is 0 Å². The Bertz CT molecular complexity index is 1470. The number of hydrogen-bond acceptors (Lipinski definition) is 9. The first-order valence-electron chi connectivity index (χ1n) is 12.9. The van der Waals surface area contributed by atoms with Crippen molar-refractivity contribution < 1.29 is 24.0 Å². The second-order valence-corrected chi connectivity index (χ2v) is 11.1. The van der Waals surface area contributed by atoms with Gasteiger partial charge in [0, 0.05) is 50.0 Å². The number of aryl methyl sites for hydroxylation is 1. The molecule has 212 valence electrons. The molecule has 2 aliphatic heterocycles. The maximum Gasteiger partial charge on any atom is 0.294 e. The highest BCUT2D eigenvalue weighted by molar-refractivity contribution is 9.10. The highest BCUT2D eigenvalue weighted by Crippen LogP contribution is 2.36. The van der Waals surface area contributed by atoms with E-state index in [1.807, 2.05) is 13.8 Å². The van der Waals surface area contributed by atoms with Crippen LogP contribution in [-0.4, -0.2) is 99.1 Å². The van der Waals surface area contributed by atoms with Crippen LogP contribution in [0, 0.1) is 17.0 Å². The number of ether oxygens (including phenoxy) is 2. The van der Waals surface area contributed by atoms with Crippen molar-refractivity contribution in [2.75, 3.05) is 38.6 Å². The SMILES string of the molecule is CO[C@H]1CN(C(=O)c2cncc3[nH]c(C)nc23)C[C@@H]1Nc1c(C(=O)N2C[C@@H](C)O[C@@H](C)C2)cc(Br)cc1[N+](=O)[O-]. The van der Waals surface area contributed by atoms with Crippen LogP contribution in [0.2, 0.25) is 0 Å². The minimum atomic E-state index is -0.531. The lowest BCUT2D eigenvalue weighted by Crippen LogP contribution is -2.48. The van der Waals surface area contributed by atoms with E-state index in [2.05, 4.69) is 36.2 Å². The molecule has 2 N–H and O–H groups in total. The highest BCUT2D eigenvalue weighted by atomic mass is 79.9. The Balaban J connectivity index is 1.46. The second-order valence-electron chi connectivity index (χ2n) is 10.2. The highest BCUT2D eigenvalue weighted by Gasteiger charge is 2.39. The number of nitro benzene ring substituents is 1. The largest absolute Gasteiger partial charge is 0.377 e. The molecule has 3 aromatic rings. The molecule has 13 nitrogen and oxygen atoms in total. The Morgan fingerprint density at radius 2 is 1.80 bits per heavy atom. The van der Waals surface area contributed by atoms with Crippen LogP contribution in [0.4, 0.5) is 11.4 Å². The zero-order chi connectivity index (χ0) is 28.7.